The molecule has 21 heavy (non-hydrogen) atoms. The summed E-state index contributed by atoms with van der Waals surface area (Å²) >= 11 is 1.62. The maximum atomic E-state index is 12.3. The number of hydrogen-bond donors (Lipinski definition) is 3. The third kappa shape index (κ3) is 2.87. The molecule has 0 saturated carbocycles. The van der Waals surface area contributed by atoms with E-state index in [-0.39, 0.29) is 18.8 Å². The average molecular weight is 309 g/mol. The Balaban J connectivity index is 1.92. The number of aromatic nitrogens is 2. The van der Waals surface area contributed by atoms with E-state index >= 15 is 0 Å². The Bertz CT molecular complexity index is 689. The Hall–Kier alpha value is -1.28. The van der Waals surface area contributed by atoms with Gasteiger partial charge in [-0.25, -0.2) is 4.98 Å². The molecule has 7 heteroatoms. The van der Waals surface area contributed by atoms with E-state index in [1.165, 1.54) is 10.4 Å². The molecule has 0 spiro atoms. The number of aromatic amines is 1. The molecule has 1 aliphatic carbocycles. The monoisotopic (exact) mass is 309 g/mol. The molecule has 0 radical (unpaired) electrons. The van der Waals surface area contributed by atoms with E-state index < -0.39 is 0 Å². The van der Waals surface area contributed by atoms with Gasteiger partial charge in [-0.3, -0.25) is 9.69 Å². The van der Waals surface area contributed by atoms with Crippen LogP contribution in [0.2, 0.25) is 0 Å². The van der Waals surface area contributed by atoms with Crippen LogP contribution < -0.4 is 5.56 Å². The third-order valence-corrected chi connectivity index (χ3v) is 5.02. The molecule has 0 bridgehead atoms. The van der Waals surface area contributed by atoms with E-state index in [0.29, 0.717) is 25.5 Å². The molecule has 0 amide bonds. The smallest absolute Gasteiger partial charge is 0.259 e. The van der Waals surface area contributed by atoms with Gasteiger partial charge in [0.05, 0.1) is 25.1 Å². The highest BCUT2D eigenvalue weighted by atomic mass is 32.1. The minimum absolute atomic E-state index is 0.0137. The minimum Gasteiger partial charge on any atom is -0.395 e. The summed E-state index contributed by atoms with van der Waals surface area (Å²) in [5, 5.41) is 18.8. The molecule has 0 atom stereocenters. The first kappa shape index (κ1) is 14.6. The standard InChI is InChI=1S/C14H19N3O3S/c18-6-4-17(5-7-19)8-11-15-13(20)12-9-2-1-3-10(9)21-14(12)16-11/h18-19H,1-8H2,(H,15,16,20). The van der Waals surface area contributed by atoms with E-state index in [0.717, 1.165) is 29.5 Å². The maximum Gasteiger partial charge on any atom is 0.259 e. The van der Waals surface area contributed by atoms with Gasteiger partial charge in [0.15, 0.2) is 0 Å². The molecule has 0 aliphatic heterocycles. The SMILES string of the molecule is O=c1[nH]c(CN(CCO)CCO)nc2sc3c(c12)CCC3. The Kier molecular flexibility index (Phi) is 4.34. The van der Waals surface area contributed by atoms with Crippen molar-refractivity contribution >= 4 is 21.6 Å². The highest BCUT2D eigenvalue weighted by molar-refractivity contribution is 7.18. The van der Waals surface area contributed by atoms with Gasteiger partial charge in [-0.2, -0.15) is 0 Å². The topological polar surface area (TPSA) is 89.5 Å². The van der Waals surface area contributed by atoms with Crippen LogP contribution in [0.1, 0.15) is 22.7 Å². The van der Waals surface area contributed by atoms with Crippen LogP contribution in [0.25, 0.3) is 10.2 Å². The summed E-state index contributed by atoms with van der Waals surface area (Å²) in [6, 6.07) is 0. The Morgan fingerprint density at radius 1 is 1.24 bits per heavy atom. The van der Waals surface area contributed by atoms with Crippen molar-refractivity contribution in [2.75, 3.05) is 26.3 Å². The zero-order valence-corrected chi connectivity index (χ0v) is 12.6. The minimum atomic E-state index is -0.0673. The number of fused-ring (bicyclic) bond motifs is 3. The first-order valence-electron chi connectivity index (χ1n) is 7.20. The first-order chi connectivity index (χ1) is 10.2. The maximum absolute atomic E-state index is 12.3. The van der Waals surface area contributed by atoms with Crippen molar-refractivity contribution < 1.29 is 10.2 Å². The third-order valence-electron chi connectivity index (χ3n) is 3.83. The molecule has 6 nitrogen and oxygen atoms in total. The number of aliphatic hydroxyl groups excluding tert-OH is 2. The molecule has 0 saturated heterocycles. The highest BCUT2D eigenvalue weighted by Gasteiger charge is 2.21. The molecule has 0 fully saturated rings. The van der Waals surface area contributed by atoms with Gasteiger partial charge in [-0.05, 0) is 24.8 Å². The van der Waals surface area contributed by atoms with E-state index in [1.54, 1.807) is 11.3 Å². The molecule has 114 valence electrons. The second-order valence-corrected chi connectivity index (χ2v) is 6.36. The van der Waals surface area contributed by atoms with Crippen molar-refractivity contribution in [3.05, 3.63) is 26.6 Å². The largest absolute Gasteiger partial charge is 0.395 e. The number of aliphatic hydroxyl groups is 2. The lowest BCUT2D eigenvalue weighted by atomic mass is 10.2. The lowest BCUT2D eigenvalue weighted by Gasteiger charge is -2.19. The Morgan fingerprint density at radius 3 is 2.71 bits per heavy atom. The molecule has 1 aliphatic rings. The Morgan fingerprint density at radius 2 is 2.00 bits per heavy atom. The van der Waals surface area contributed by atoms with Crippen molar-refractivity contribution in [3.8, 4) is 0 Å². The van der Waals surface area contributed by atoms with Crippen molar-refractivity contribution in [2.45, 2.75) is 25.8 Å². The van der Waals surface area contributed by atoms with Crippen LogP contribution in [0.15, 0.2) is 4.79 Å². The van der Waals surface area contributed by atoms with Crippen LogP contribution in [0, 0.1) is 0 Å². The van der Waals surface area contributed by atoms with Crippen LogP contribution in [-0.2, 0) is 19.4 Å². The molecule has 0 aromatic carbocycles. The molecule has 3 rings (SSSR count). The van der Waals surface area contributed by atoms with Crippen molar-refractivity contribution in [3.63, 3.8) is 0 Å². The second kappa shape index (κ2) is 6.23. The zero-order valence-electron chi connectivity index (χ0n) is 11.8. The van der Waals surface area contributed by atoms with Gasteiger partial charge in [-0.1, -0.05) is 0 Å². The lowest BCUT2D eigenvalue weighted by Crippen LogP contribution is -2.31. The van der Waals surface area contributed by atoms with Crippen LogP contribution in [-0.4, -0.2) is 51.4 Å². The van der Waals surface area contributed by atoms with E-state index in [4.69, 9.17) is 10.2 Å². The predicted octanol–water partition coefficient (Wildman–Crippen LogP) is 0.260. The van der Waals surface area contributed by atoms with Crippen molar-refractivity contribution in [2.24, 2.45) is 0 Å². The summed E-state index contributed by atoms with van der Waals surface area (Å²) in [5.74, 6) is 0.592. The quantitative estimate of drug-likeness (QED) is 0.712. The van der Waals surface area contributed by atoms with Gasteiger partial charge in [0.2, 0.25) is 0 Å². The lowest BCUT2D eigenvalue weighted by molar-refractivity contribution is 0.153. The van der Waals surface area contributed by atoms with Gasteiger partial charge < -0.3 is 15.2 Å². The Labute approximate surface area is 126 Å². The number of H-pyrrole nitrogens is 1. The fraction of sp³-hybridized carbons (Fsp3) is 0.571. The summed E-state index contributed by atoms with van der Waals surface area (Å²) in [6.45, 7) is 1.35. The van der Waals surface area contributed by atoms with E-state index in [2.05, 4.69) is 9.97 Å². The zero-order chi connectivity index (χ0) is 14.8. The van der Waals surface area contributed by atoms with E-state index in [1.807, 2.05) is 4.90 Å². The highest BCUT2D eigenvalue weighted by Crippen LogP contribution is 2.34. The number of thiophene rings is 1. The van der Waals surface area contributed by atoms with Crippen LogP contribution >= 0.6 is 11.3 Å². The average Bonchev–Trinajstić information content (AvgIpc) is 2.99. The van der Waals surface area contributed by atoms with Gasteiger partial charge in [-0.15, -0.1) is 11.3 Å². The van der Waals surface area contributed by atoms with Crippen molar-refractivity contribution in [1.82, 2.24) is 14.9 Å². The van der Waals surface area contributed by atoms with E-state index in [9.17, 15) is 4.79 Å². The molecule has 0 unspecified atom stereocenters. The van der Waals surface area contributed by atoms with Crippen LogP contribution in [0.4, 0.5) is 0 Å². The predicted molar refractivity (Wildman–Crippen MR) is 81.7 cm³/mol. The van der Waals surface area contributed by atoms with Gasteiger partial charge in [0.25, 0.3) is 5.56 Å². The fourth-order valence-electron chi connectivity index (χ4n) is 2.89. The second-order valence-electron chi connectivity index (χ2n) is 5.27. The normalized spacial score (nSPS) is 14.2. The summed E-state index contributed by atoms with van der Waals surface area (Å²) in [7, 11) is 0. The van der Waals surface area contributed by atoms with Crippen molar-refractivity contribution in [1.29, 1.82) is 0 Å². The summed E-state index contributed by atoms with van der Waals surface area (Å²) in [5.41, 5.74) is 1.11. The fourth-order valence-corrected chi connectivity index (χ4v) is 4.17. The molecular formula is C14H19N3O3S. The molecule has 2 aromatic heterocycles. The summed E-state index contributed by atoms with van der Waals surface area (Å²) in [4.78, 5) is 23.7. The molecular weight excluding hydrogens is 290 g/mol. The van der Waals surface area contributed by atoms with Crippen LogP contribution in [0.5, 0.6) is 0 Å². The number of nitrogens with one attached hydrogen (secondary N) is 1. The first-order valence-corrected chi connectivity index (χ1v) is 8.02. The number of rotatable bonds is 6. The summed E-state index contributed by atoms with van der Waals surface area (Å²) < 4.78 is 0. The molecule has 2 aromatic rings. The number of nitrogens with zero attached hydrogens (tertiary/aromatic N) is 2. The molecule has 2 heterocycles. The van der Waals surface area contributed by atoms with Gasteiger partial charge in [0.1, 0.15) is 10.7 Å². The molecule has 3 N–H and O–H groups in total. The van der Waals surface area contributed by atoms with Crippen LogP contribution in [0.3, 0.4) is 0 Å². The number of aryl methyl sites for hydroxylation is 2. The van der Waals surface area contributed by atoms with Gasteiger partial charge >= 0.3 is 0 Å². The summed E-state index contributed by atoms with van der Waals surface area (Å²) in [6.07, 6.45) is 3.14. The van der Waals surface area contributed by atoms with Gasteiger partial charge in [0, 0.05) is 18.0 Å². The number of hydrogen-bond acceptors (Lipinski definition) is 6.